The van der Waals surface area contributed by atoms with Crippen LogP contribution in [0.3, 0.4) is 0 Å². The number of unbranched alkanes of at least 4 members (excludes halogenated alkanes) is 1. The van der Waals surface area contributed by atoms with Gasteiger partial charge in [-0.1, -0.05) is 25.5 Å². The van der Waals surface area contributed by atoms with Crippen LogP contribution in [0.15, 0.2) is 53.4 Å². The molecule has 0 aromatic heterocycles. The van der Waals surface area contributed by atoms with Gasteiger partial charge in [-0.3, -0.25) is 4.72 Å². The fraction of sp³-hybridized carbons (Fsp3) is 0.294. The zero-order valence-electron chi connectivity index (χ0n) is 12.9. The lowest BCUT2D eigenvalue weighted by Gasteiger charge is -2.09. The molecule has 0 heterocycles. The van der Waals surface area contributed by atoms with Gasteiger partial charge in [0.05, 0.1) is 12.0 Å². The van der Waals surface area contributed by atoms with Crippen molar-refractivity contribution >= 4 is 15.7 Å². The van der Waals surface area contributed by atoms with Crippen molar-refractivity contribution in [3.8, 4) is 5.75 Å². The summed E-state index contributed by atoms with van der Waals surface area (Å²) in [6, 6.07) is 13.8. The number of anilines is 1. The summed E-state index contributed by atoms with van der Waals surface area (Å²) in [5, 5.41) is 0. The fourth-order valence-corrected chi connectivity index (χ4v) is 3.15. The molecule has 5 heteroatoms. The highest BCUT2D eigenvalue weighted by Crippen LogP contribution is 2.20. The third-order valence-electron chi connectivity index (χ3n) is 3.39. The van der Waals surface area contributed by atoms with Crippen LogP contribution >= 0.6 is 0 Å². The smallest absolute Gasteiger partial charge is 0.261 e. The highest BCUT2D eigenvalue weighted by atomic mass is 32.2. The summed E-state index contributed by atoms with van der Waals surface area (Å²) >= 11 is 0. The van der Waals surface area contributed by atoms with Crippen molar-refractivity contribution in [2.24, 2.45) is 0 Å². The van der Waals surface area contributed by atoms with Crippen molar-refractivity contribution in [1.82, 2.24) is 0 Å². The van der Waals surface area contributed by atoms with Crippen molar-refractivity contribution in [2.75, 3.05) is 11.8 Å². The number of hydrogen-bond acceptors (Lipinski definition) is 3. The zero-order chi connectivity index (χ0) is 16.0. The molecule has 0 fully saturated rings. The third-order valence-corrected chi connectivity index (χ3v) is 4.79. The lowest BCUT2D eigenvalue weighted by Crippen LogP contribution is -2.12. The molecule has 0 radical (unpaired) electrons. The molecule has 1 N–H and O–H groups in total. The number of rotatable bonds is 7. The molecule has 2 aromatic carbocycles. The van der Waals surface area contributed by atoms with Crippen LogP contribution in [0.25, 0.3) is 0 Å². The molecule has 0 atom stereocenters. The van der Waals surface area contributed by atoms with Crippen LogP contribution in [-0.4, -0.2) is 15.5 Å². The Bertz CT molecular complexity index is 692. The summed E-state index contributed by atoms with van der Waals surface area (Å²) in [4.78, 5) is 0.267. The van der Waals surface area contributed by atoms with Gasteiger partial charge in [0, 0.05) is 5.69 Å². The maximum absolute atomic E-state index is 12.3. The van der Waals surface area contributed by atoms with Gasteiger partial charge in [0.2, 0.25) is 0 Å². The van der Waals surface area contributed by atoms with Gasteiger partial charge in [-0.05, 0) is 54.8 Å². The SMILES string of the molecule is CCCCc1ccc(S(=O)(=O)Nc2ccc(OC)cc2)cc1. The monoisotopic (exact) mass is 319 g/mol. The molecular weight excluding hydrogens is 298 g/mol. The highest BCUT2D eigenvalue weighted by Gasteiger charge is 2.13. The quantitative estimate of drug-likeness (QED) is 0.843. The maximum atomic E-state index is 12.3. The Morgan fingerprint density at radius 2 is 1.64 bits per heavy atom. The van der Waals surface area contributed by atoms with Gasteiger partial charge < -0.3 is 4.74 Å². The minimum absolute atomic E-state index is 0.267. The van der Waals surface area contributed by atoms with E-state index in [1.165, 1.54) is 0 Å². The molecule has 2 rings (SSSR count). The molecule has 0 amide bonds. The molecule has 4 nitrogen and oxygen atoms in total. The largest absolute Gasteiger partial charge is 0.497 e. The van der Waals surface area contributed by atoms with E-state index in [0.717, 1.165) is 24.8 Å². The van der Waals surface area contributed by atoms with E-state index in [1.807, 2.05) is 12.1 Å². The summed E-state index contributed by atoms with van der Waals surface area (Å²) in [7, 11) is -1.99. The van der Waals surface area contributed by atoms with Crippen LogP contribution in [0, 0.1) is 0 Å². The van der Waals surface area contributed by atoms with Crippen molar-refractivity contribution in [2.45, 2.75) is 31.1 Å². The summed E-state index contributed by atoms with van der Waals surface area (Å²) in [6.45, 7) is 2.14. The normalized spacial score (nSPS) is 11.2. The minimum atomic E-state index is -3.56. The number of aryl methyl sites for hydroxylation is 1. The molecule has 0 unspecified atom stereocenters. The lowest BCUT2D eigenvalue weighted by atomic mass is 10.1. The summed E-state index contributed by atoms with van der Waals surface area (Å²) in [6.07, 6.45) is 3.21. The molecule has 118 valence electrons. The van der Waals surface area contributed by atoms with Crippen molar-refractivity contribution in [1.29, 1.82) is 0 Å². The second-order valence-corrected chi connectivity index (χ2v) is 6.76. The van der Waals surface area contributed by atoms with E-state index < -0.39 is 10.0 Å². The second kappa shape index (κ2) is 7.31. The fourth-order valence-electron chi connectivity index (χ4n) is 2.09. The van der Waals surface area contributed by atoms with Crippen LogP contribution in [0.1, 0.15) is 25.3 Å². The van der Waals surface area contributed by atoms with Crippen LogP contribution in [-0.2, 0) is 16.4 Å². The van der Waals surface area contributed by atoms with Crippen LogP contribution in [0.5, 0.6) is 5.75 Å². The molecule has 2 aromatic rings. The number of nitrogens with one attached hydrogen (secondary N) is 1. The predicted octanol–water partition coefficient (Wildman–Crippen LogP) is 3.84. The number of methoxy groups -OCH3 is 1. The Hall–Kier alpha value is -2.01. The first-order valence-corrected chi connectivity index (χ1v) is 8.79. The number of hydrogen-bond donors (Lipinski definition) is 1. The first-order chi connectivity index (χ1) is 10.5. The van der Waals surface area contributed by atoms with Gasteiger partial charge in [0.15, 0.2) is 0 Å². The summed E-state index contributed by atoms with van der Waals surface area (Å²) in [5.41, 5.74) is 1.67. The van der Waals surface area contributed by atoms with Gasteiger partial charge in [0.1, 0.15) is 5.75 Å². The topological polar surface area (TPSA) is 55.4 Å². The number of sulfonamides is 1. The van der Waals surface area contributed by atoms with E-state index in [0.29, 0.717) is 11.4 Å². The lowest BCUT2D eigenvalue weighted by molar-refractivity contribution is 0.415. The average molecular weight is 319 g/mol. The van der Waals surface area contributed by atoms with Gasteiger partial charge in [-0.15, -0.1) is 0 Å². The Morgan fingerprint density at radius 1 is 1.00 bits per heavy atom. The van der Waals surface area contributed by atoms with Crippen LogP contribution < -0.4 is 9.46 Å². The van der Waals surface area contributed by atoms with Gasteiger partial charge in [0.25, 0.3) is 10.0 Å². The molecule has 0 spiro atoms. The van der Waals surface area contributed by atoms with Crippen LogP contribution in [0.4, 0.5) is 5.69 Å². The molecule has 0 aliphatic rings. The molecular formula is C17H21NO3S. The first kappa shape index (κ1) is 16.4. The van der Waals surface area contributed by atoms with E-state index in [2.05, 4.69) is 11.6 Å². The van der Waals surface area contributed by atoms with Gasteiger partial charge in [-0.25, -0.2) is 8.42 Å². The second-order valence-electron chi connectivity index (χ2n) is 5.08. The van der Waals surface area contributed by atoms with Crippen LogP contribution in [0.2, 0.25) is 0 Å². The third kappa shape index (κ3) is 4.24. The summed E-state index contributed by atoms with van der Waals surface area (Å²) < 4.78 is 32.3. The molecule has 0 bridgehead atoms. The molecule has 22 heavy (non-hydrogen) atoms. The van der Waals surface area contributed by atoms with E-state index in [9.17, 15) is 8.42 Å². The number of benzene rings is 2. The van der Waals surface area contributed by atoms with E-state index in [4.69, 9.17) is 4.74 Å². The van der Waals surface area contributed by atoms with Gasteiger partial charge in [-0.2, -0.15) is 0 Å². The minimum Gasteiger partial charge on any atom is -0.497 e. The Morgan fingerprint density at radius 3 is 2.18 bits per heavy atom. The van der Waals surface area contributed by atoms with E-state index in [-0.39, 0.29) is 4.90 Å². The zero-order valence-corrected chi connectivity index (χ0v) is 13.7. The highest BCUT2D eigenvalue weighted by molar-refractivity contribution is 7.92. The van der Waals surface area contributed by atoms with Gasteiger partial charge >= 0.3 is 0 Å². The summed E-state index contributed by atoms with van der Waals surface area (Å²) in [5.74, 6) is 0.684. The van der Waals surface area contributed by atoms with Crippen molar-refractivity contribution in [3.05, 3.63) is 54.1 Å². The molecule has 0 aliphatic carbocycles. The maximum Gasteiger partial charge on any atom is 0.261 e. The van der Waals surface area contributed by atoms with Crippen molar-refractivity contribution in [3.63, 3.8) is 0 Å². The Labute approximate surface area is 132 Å². The molecule has 0 aliphatic heterocycles. The predicted molar refractivity (Wildman–Crippen MR) is 88.9 cm³/mol. The Kier molecular flexibility index (Phi) is 5.44. The first-order valence-electron chi connectivity index (χ1n) is 7.31. The molecule has 0 saturated carbocycles. The van der Waals surface area contributed by atoms with E-state index in [1.54, 1.807) is 43.5 Å². The number of ether oxygens (including phenoxy) is 1. The average Bonchev–Trinajstić information content (AvgIpc) is 2.53. The standard InChI is InChI=1S/C17H21NO3S/c1-3-4-5-14-6-12-17(13-7-14)22(19,20)18-15-8-10-16(21-2)11-9-15/h6-13,18H,3-5H2,1-2H3. The Balaban J connectivity index is 2.11. The van der Waals surface area contributed by atoms with Crippen molar-refractivity contribution < 1.29 is 13.2 Å². The molecule has 0 saturated heterocycles. The van der Waals surface area contributed by atoms with E-state index >= 15 is 0 Å².